The highest BCUT2D eigenvalue weighted by atomic mass is 127. The van der Waals surface area contributed by atoms with Crippen molar-refractivity contribution in [3.05, 3.63) is 35.9 Å². The Hall–Kier alpha value is -0.860. The second-order valence-corrected chi connectivity index (χ2v) is 7.12. The number of ether oxygens (including phenoxy) is 2. The summed E-state index contributed by atoms with van der Waals surface area (Å²) in [5.74, 6) is 2.22. The van der Waals surface area contributed by atoms with Crippen molar-refractivity contribution in [3.8, 4) is 0 Å². The number of hydrogen-bond donors (Lipinski definition) is 1. The first-order chi connectivity index (χ1) is 12.3. The summed E-state index contributed by atoms with van der Waals surface area (Å²) in [5.41, 5.74) is 1.27. The van der Waals surface area contributed by atoms with Gasteiger partial charge in [-0.05, 0) is 30.7 Å². The third-order valence-electron chi connectivity index (χ3n) is 5.06. The molecular weight excluding hydrogens is 441 g/mol. The molecular formula is C20H32IN3O2. The lowest BCUT2D eigenvalue weighted by Gasteiger charge is -2.25. The minimum atomic E-state index is 0. The zero-order valence-electron chi connectivity index (χ0n) is 15.9. The number of nitrogens with zero attached hydrogens (tertiary/aromatic N) is 2. The standard InChI is InChI=1S/C20H31N3O2.HI/c1-21-20(23(2)11-13-24-15-16-8-9-16)22-14-18-10-12-25-19(18)17-6-4-3-5-7-17;/h3-7,16,18-19H,8-15H2,1-2H3,(H,21,22);1H. The van der Waals surface area contributed by atoms with E-state index in [1.807, 2.05) is 13.1 Å². The smallest absolute Gasteiger partial charge is 0.193 e. The Morgan fingerprint density at radius 1 is 1.27 bits per heavy atom. The van der Waals surface area contributed by atoms with Gasteiger partial charge in [-0.2, -0.15) is 0 Å². The topological polar surface area (TPSA) is 46.1 Å². The Morgan fingerprint density at radius 3 is 2.73 bits per heavy atom. The highest BCUT2D eigenvalue weighted by Gasteiger charge is 2.29. The molecule has 2 aliphatic rings. The van der Waals surface area contributed by atoms with Crippen molar-refractivity contribution in [1.29, 1.82) is 0 Å². The molecule has 1 aliphatic heterocycles. The number of rotatable bonds is 8. The average molecular weight is 473 g/mol. The molecule has 1 aromatic carbocycles. The molecule has 1 N–H and O–H groups in total. The third kappa shape index (κ3) is 6.39. The number of likely N-dealkylation sites (N-methyl/N-ethyl adjacent to an activating group) is 1. The predicted molar refractivity (Wildman–Crippen MR) is 116 cm³/mol. The van der Waals surface area contributed by atoms with E-state index in [0.717, 1.165) is 51.2 Å². The van der Waals surface area contributed by atoms with Crippen molar-refractivity contribution in [2.45, 2.75) is 25.4 Å². The van der Waals surface area contributed by atoms with Gasteiger partial charge in [-0.25, -0.2) is 0 Å². The molecule has 3 rings (SSSR count). The lowest BCUT2D eigenvalue weighted by molar-refractivity contribution is 0.0911. The van der Waals surface area contributed by atoms with Crippen LogP contribution < -0.4 is 5.32 Å². The fourth-order valence-electron chi connectivity index (χ4n) is 3.30. The van der Waals surface area contributed by atoms with E-state index in [0.29, 0.717) is 5.92 Å². The first kappa shape index (κ1) is 21.4. The lowest BCUT2D eigenvalue weighted by Crippen LogP contribution is -2.42. The second kappa shape index (κ2) is 11.1. The maximum absolute atomic E-state index is 5.97. The van der Waals surface area contributed by atoms with E-state index in [-0.39, 0.29) is 30.1 Å². The van der Waals surface area contributed by atoms with Gasteiger partial charge in [-0.3, -0.25) is 4.99 Å². The van der Waals surface area contributed by atoms with Crippen LogP contribution in [0.4, 0.5) is 0 Å². The molecule has 5 nitrogen and oxygen atoms in total. The molecule has 2 fully saturated rings. The monoisotopic (exact) mass is 473 g/mol. The Morgan fingerprint density at radius 2 is 2.04 bits per heavy atom. The molecule has 1 aliphatic carbocycles. The summed E-state index contributed by atoms with van der Waals surface area (Å²) in [7, 11) is 3.90. The Kier molecular flexibility index (Phi) is 9.15. The number of halogens is 1. The first-order valence-corrected chi connectivity index (χ1v) is 9.44. The van der Waals surface area contributed by atoms with Crippen molar-refractivity contribution >= 4 is 29.9 Å². The van der Waals surface area contributed by atoms with Crippen LogP contribution in [-0.2, 0) is 9.47 Å². The van der Waals surface area contributed by atoms with Gasteiger partial charge in [-0.15, -0.1) is 24.0 Å². The fraction of sp³-hybridized carbons (Fsp3) is 0.650. The number of hydrogen-bond acceptors (Lipinski definition) is 3. The van der Waals surface area contributed by atoms with E-state index >= 15 is 0 Å². The van der Waals surface area contributed by atoms with Gasteiger partial charge in [0.1, 0.15) is 0 Å². The van der Waals surface area contributed by atoms with E-state index in [1.165, 1.54) is 18.4 Å². The van der Waals surface area contributed by atoms with Crippen LogP contribution in [-0.4, -0.2) is 57.9 Å². The molecule has 6 heteroatoms. The largest absolute Gasteiger partial charge is 0.379 e. The van der Waals surface area contributed by atoms with Gasteiger partial charge in [-0.1, -0.05) is 30.3 Å². The van der Waals surface area contributed by atoms with Crippen molar-refractivity contribution in [2.75, 3.05) is 47.0 Å². The molecule has 1 saturated heterocycles. The third-order valence-corrected chi connectivity index (χ3v) is 5.06. The molecule has 26 heavy (non-hydrogen) atoms. The number of guanidine groups is 1. The van der Waals surface area contributed by atoms with E-state index in [4.69, 9.17) is 9.47 Å². The summed E-state index contributed by atoms with van der Waals surface area (Å²) in [6.45, 7) is 4.23. The number of benzene rings is 1. The molecule has 2 atom stereocenters. The van der Waals surface area contributed by atoms with E-state index in [9.17, 15) is 0 Å². The average Bonchev–Trinajstić information content (AvgIpc) is 3.35. The molecule has 0 spiro atoms. The Balaban J connectivity index is 0.00000243. The predicted octanol–water partition coefficient (Wildman–Crippen LogP) is 3.32. The zero-order valence-corrected chi connectivity index (χ0v) is 18.2. The molecule has 0 aromatic heterocycles. The fourth-order valence-corrected chi connectivity index (χ4v) is 3.30. The highest BCUT2D eigenvalue weighted by molar-refractivity contribution is 14.0. The van der Waals surface area contributed by atoms with Crippen molar-refractivity contribution in [2.24, 2.45) is 16.8 Å². The molecule has 146 valence electrons. The Labute approximate surface area is 174 Å². The van der Waals surface area contributed by atoms with Gasteiger partial charge in [0.05, 0.1) is 12.7 Å². The van der Waals surface area contributed by atoms with Crippen LogP contribution >= 0.6 is 24.0 Å². The number of nitrogens with one attached hydrogen (secondary N) is 1. The van der Waals surface area contributed by atoms with Crippen LogP contribution in [0, 0.1) is 11.8 Å². The normalized spacial score (nSPS) is 22.8. The molecule has 0 bridgehead atoms. The van der Waals surface area contributed by atoms with E-state index in [1.54, 1.807) is 0 Å². The van der Waals surface area contributed by atoms with Crippen LogP contribution in [0.3, 0.4) is 0 Å². The summed E-state index contributed by atoms with van der Waals surface area (Å²) in [4.78, 5) is 6.55. The SMILES string of the molecule is CN=C(NCC1CCOC1c1ccccc1)N(C)CCOCC1CC1.I. The Bertz CT molecular complexity index is 551. The summed E-state index contributed by atoms with van der Waals surface area (Å²) < 4.78 is 11.7. The summed E-state index contributed by atoms with van der Waals surface area (Å²) >= 11 is 0. The second-order valence-electron chi connectivity index (χ2n) is 7.12. The minimum Gasteiger partial charge on any atom is -0.379 e. The van der Waals surface area contributed by atoms with Gasteiger partial charge in [0.15, 0.2) is 5.96 Å². The molecule has 1 saturated carbocycles. The summed E-state index contributed by atoms with van der Waals surface area (Å²) in [6, 6.07) is 10.5. The van der Waals surface area contributed by atoms with Gasteiger partial charge < -0.3 is 19.7 Å². The van der Waals surface area contributed by atoms with Crippen LogP contribution in [0.25, 0.3) is 0 Å². The molecule has 2 unspecified atom stereocenters. The maximum atomic E-state index is 5.97. The van der Waals surface area contributed by atoms with E-state index < -0.39 is 0 Å². The van der Waals surface area contributed by atoms with Crippen molar-refractivity contribution in [1.82, 2.24) is 10.2 Å². The molecule has 1 aromatic rings. The molecule has 0 amide bonds. The highest BCUT2D eigenvalue weighted by Crippen LogP contribution is 2.33. The molecule has 1 heterocycles. The van der Waals surface area contributed by atoms with Crippen molar-refractivity contribution < 1.29 is 9.47 Å². The maximum Gasteiger partial charge on any atom is 0.193 e. The number of aliphatic imine (C=N–C) groups is 1. The lowest BCUT2D eigenvalue weighted by atomic mass is 9.95. The minimum absolute atomic E-state index is 0. The zero-order chi connectivity index (χ0) is 17.5. The van der Waals surface area contributed by atoms with Crippen LogP contribution in [0.15, 0.2) is 35.3 Å². The summed E-state index contributed by atoms with van der Waals surface area (Å²) in [5, 5.41) is 3.51. The van der Waals surface area contributed by atoms with Gasteiger partial charge >= 0.3 is 0 Å². The van der Waals surface area contributed by atoms with Crippen LogP contribution in [0.1, 0.15) is 30.9 Å². The summed E-state index contributed by atoms with van der Waals surface area (Å²) in [6.07, 6.45) is 3.94. The van der Waals surface area contributed by atoms with Crippen LogP contribution in [0.5, 0.6) is 0 Å². The first-order valence-electron chi connectivity index (χ1n) is 9.44. The van der Waals surface area contributed by atoms with Gasteiger partial charge in [0.2, 0.25) is 0 Å². The van der Waals surface area contributed by atoms with E-state index in [2.05, 4.69) is 46.5 Å². The molecule has 0 radical (unpaired) electrons. The van der Waals surface area contributed by atoms with Crippen molar-refractivity contribution in [3.63, 3.8) is 0 Å². The van der Waals surface area contributed by atoms with Crippen LogP contribution in [0.2, 0.25) is 0 Å². The quantitative estimate of drug-likeness (QED) is 0.273. The van der Waals surface area contributed by atoms with Gasteiger partial charge in [0.25, 0.3) is 0 Å². The van der Waals surface area contributed by atoms with Gasteiger partial charge in [0, 0.05) is 46.3 Å².